The second-order valence-corrected chi connectivity index (χ2v) is 4.04. The van der Waals surface area contributed by atoms with Gasteiger partial charge in [-0.15, -0.1) is 11.8 Å². The van der Waals surface area contributed by atoms with Crippen LogP contribution in [-0.4, -0.2) is 25.8 Å². The van der Waals surface area contributed by atoms with E-state index in [2.05, 4.69) is 15.0 Å². The highest BCUT2D eigenvalue weighted by Gasteiger charge is 2.35. The summed E-state index contributed by atoms with van der Waals surface area (Å²) >= 11 is 1.08. The summed E-state index contributed by atoms with van der Waals surface area (Å²) in [4.78, 5) is 20.5. The van der Waals surface area contributed by atoms with Gasteiger partial charge in [0.05, 0.1) is 0 Å². The number of thioether (sulfide) groups is 1. The number of hydrogen-bond acceptors (Lipinski definition) is 4. The van der Waals surface area contributed by atoms with E-state index in [0.717, 1.165) is 16.3 Å². The van der Waals surface area contributed by atoms with Crippen LogP contribution in [0.25, 0.3) is 11.2 Å². The molecule has 0 atom stereocenters. The number of aryl methyl sites for hydroxylation is 1. The maximum atomic E-state index is 12.5. The standard InChI is InChI=1S/C8H7F3N4OS/c1-15-4-3(5(17-2)14-7(15)16)12-6(13-4)8(9,10)11/h1-2H3,(H,12,13). The van der Waals surface area contributed by atoms with Gasteiger partial charge in [0.2, 0.25) is 5.82 Å². The minimum absolute atomic E-state index is 0.0540. The molecule has 0 saturated heterocycles. The average Bonchev–Trinajstić information content (AvgIpc) is 2.68. The Kier molecular flexibility index (Phi) is 2.64. The van der Waals surface area contributed by atoms with E-state index in [1.807, 2.05) is 0 Å². The Balaban J connectivity index is 2.84. The molecule has 17 heavy (non-hydrogen) atoms. The summed E-state index contributed by atoms with van der Waals surface area (Å²) in [6, 6.07) is 0. The number of fused-ring (bicyclic) bond motifs is 1. The van der Waals surface area contributed by atoms with E-state index in [9.17, 15) is 18.0 Å². The number of rotatable bonds is 1. The molecule has 5 nitrogen and oxygen atoms in total. The Morgan fingerprint density at radius 1 is 1.35 bits per heavy atom. The molecule has 0 radical (unpaired) electrons. The van der Waals surface area contributed by atoms with E-state index in [0.29, 0.717) is 0 Å². The third kappa shape index (κ3) is 1.90. The predicted octanol–water partition coefficient (Wildman–Crippen LogP) is 1.40. The Morgan fingerprint density at radius 3 is 2.53 bits per heavy atom. The smallest absolute Gasteiger partial charge is 0.331 e. The Bertz CT molecular complexity index is 630. The number of imidazole rings is 1. The van der Waals surface area contributed by atoms with Crippen LogP contribution in [0.1, 0.15) is 5.82 Å². The van der Waals surface area contributed by atoms with Crippen molar-refractivity contribution < 1.29 is 13.2 Å². The summed E-state index contributed by atoms with van der Waals surface area (Å²) in [5.74, 6) is -1.13. The number of aromatic amines is 1. The summed E-state index contributed by atoms with van der Waals surface area (Å²) in [6.07, 6.45) is -2.96. The van der Waals surface area contributed by atoms with Crippen LogP contribution in [0.15, 0.2) is 9.82 Å². The Labute approximate surface area is 97.1 Å². The normalized spacial score (nSPS) is 12.3. The monoisotopic (exact) mass is 264 g/mol. The molecule has 9 heteroatoms. The molecule has 0 aliphatic heterocycles. The molecule has 2 aromatic heterocycles. The first-order valence-corrected chi connectivity index (χ1v) is 5.65. The maximum absolute atomic E-state index is 12.5. The first-order valence-electron chi connectivity index (χ1n) is 4.42. The molecule has 1 N–H and O–H groups in total. The average molecular weight is 264 g/mol. The number of aromatic nitrogens is 4. The predicted molar refractivity (Wildman–Crippen MR) is 55.9 cm³/mol. The SMILES string of the molecule is CSc1nc(=O)n(C)c2nc(C(F)(F)F)[nH]c12. The van der Waals surface area contributed by atoms with Gasteiger partial charge in [-0.05, 0) is 6.26 Å². The van der Waals surface area contributed by atoms with Gasteiger partial charge in [-0.3, -0.25) is 4.57 Å². The van der Waals surface area contributed by atoms with Crippen molar-refractivity contribution in [1.82, 2.24) is 19.5 Å². The fourth-order valence-corrected chi connectivity index (χ4v) is 1.86. The number of H-pyrrole nitrogens is 1. The summed E-state index contributed by atoms with van der Waals surface area (Å²) in [5, 5.41) is 0.200. The molecule has 0 aromatic carbocycles. The summed E-state index contributed by atoms with van der Waals surface area (Å²) in [7, 11) is 1.32. The molecule has 0 spiro atoms. The third-order valence-corrected chi connectivity index (χ3v) is 2.84. The highest BCUT2D eigenvalue weighted by molar-refractivity contribution is 7.98. The van der Waals surface area contributed by atoms with E-state index in [1.165, 1.54) is 7.05 Å². The molecule has 0 aliphatic rings. The molecule has 0 amide bonds. The Morgan fingerprint density at radius 2 is 2.00 bits per heavy atom. The maximum Gasteiger partial charge on any atom is 0.449 e. The topological polar surface area (TPSA) is 63.6 Å². The van der Waals surface area contributed by atoms with Crippen LogP contribution >= 0.6 is 11.8 Å². The number of halogens is 3. The highest BCUT2D eigenvalue weighted by Crippen LogP contribution is 2.30. The summed E-state index contributed by atoms with van der Waals surface area (Å²) < 4.78 is 38.4. The molecule has 0 aliphatic carbocycles. The third-order valence-electron chi connectivity index (χ3n) is 2.16. The van der Waals surface area contributed by atoms with Crippen LogP contribution in [0.5, 0.6) is 0 Å². The van der Waals surface area contributed by atoms with Crippen LogP contribution in [-0.2, 0) is 13.2 Å². The van der Waals surface area contributed by atoms with Gasteiger partial charge in [0.1, 0.15) is 10.5 Å². The lowest BCUT2D eigenvalue weighted by Gasteiger charge is -2.00. The summed E-state index contributed by atoms with van der Waals surface area (Å²) in [5.41, 5.74) is -0.573. The molecular weight excluding hydrogens is 257 g/mol. The number of nitrogens with zero attached hydrogens (tertiary/aromatic N) is 3. The lowest BCUT2D eigenvalue weighted by atomic mass is 10.5. The van der Waals surface area contributed by atoms with Crippen LogP contribution in [0.2, 0.25) is 0 Å². The zero-order chi connectivity index (χ0) is 12.8. The van der Waals surface area contributed by atoms with E-state index < -0.39 is 17.7 Å². The highest BCUT2D eigenvalue weighted by atomic mass is 32.2. The van der Waals surface area contributed by atoms with Gasteiger partial charge in [0, 0.05) is 7.05 Å². The van der Waals surface area contributed by atoms with Gasteiger partial charge >= 0.3 is 11.9 Å². The molecule has 0 saturated carbocycles. The number of nitrogens with one attached hydrogen (secondary N) is 1. The second kappa shape index (κ2) is 3.76. The van der Waals surface area contributed by atoms with E-state index in [-0.39, 0.29) is 16.2 Å². The van der Waals surface area contributed by atoms with Crippen molar-refractivity contribution in [1.29, 1.82) is 0 Å². The molecule has 2 heterocycles. The minimum Gasteiger partial charge on any atom is -0.331 e. The van der Waals surface area contributed by atoms with Gasteiger partial charge < -0.3 is 4.98 Å². The first-order chi connectivity index (χ1) is 7.84. The molecule has 0 unspecified atom stereocenters. The van der Waals surface area contributed by atoms with Crippen LogP contribution in [0, 0.1) is 0 Å². The molecule has 2 aromatic rings. The van der Waals surface area contributed by atoms with E-state index in [1.54, 1.807) is 6.26 Å². The second-order valence-electron chi connectivity index (χ2n) is 3.24. The zero-order valence-corrected chi connectivity index (χ0v) is 9.61. The molecule has 2 rings (SSSR count). The molecule has 92 valence electrons. The van der Waals surface area contributed by atoms with Crippen LogP contribution < -0.4 is 5.69 Å². The van der Waals surface area contributed by atoms with Crippen molar-refractivity contribution in [3.8, 4) is 0 Å². The van der Waals surface area contributed by atoms with Gasteiger partial charge in [0.15, 0.2) is 5.65 Å². The van der Waals surface area contributed by atoms with Crippen molar-refractivity contribution in [3.63, 3.8) is 0 Å². The largest absolute Gasteiger partial charge is 0.449 e. The van der Waals surface area contributed by atoms with Crippen molar-refractivity contribution in [3.05, 3.63) is 16.3 Å². The molecular formula is C8H7F3N4OS. The molecule has 0 fully saturated rings. The Hall–Kier alpha value is -1.51. The van der Waals surface area contributed by atoms with Gasteiger partial charge in [-0.25, -0.2) is 9.78 Å². The van der Waals surface area contributed by atoms with E-state index >= 15 is 0 Å². The van der Waals surface area contributed by atoms with Crippen molar-refractivity contribution in [2.75, 3.05) is 6.26 Å². The van der Waals surface area contributed by atoms with Gasteiger partial charge in [-0.2, -0.15) is 18.2 Å². The van der Waals surface area contributed by atoms with Crippen molar-refractivity contribution in [2.24, 2.45) is 7.05 Å². The number of alkyl halides is 3. The van der Waals surface area contributed by atoms with Gasteiger partial charge in [0.25, 0.3) is 0 Å². The lowest BCUT2D eigenvalue weighted by Crippen LogP contribution is -2.20. The van der Waals surface area contributed by atoms with Crippen molar-refractivity contribution >= 4 is 22.9 Å². The van der Waals surface area contributed by atoms with Crippen LogP contribution in [0.3, 0.4) is 0 Å². The summed E-state index contributed by atoms with van der Waals surface area (Å²) in [6.45, 7) is 0. The minimum atomic E-state index is -4.58. The lowest BCUT2D eigenvalue weighted by molar-refractivity contribution is -0.144. The van der Waals surface area contributed by atoms with Gasteiger partial charge in [-0.1, -0.05) is 0 Å². The number of hydrogen-bond donors (Lipinski definition) is 1. The fraction of sp³-hybridized carbons (Fsp3) is 0.375. The zero-order valence-electron chi connectivity index (χ0n) is 8.79. The van der Waals surface area contributed by atoms with Crippen LogP contribution in [0.4, 0.5) is 13.2 Å². The molecule has 0 bridgehead atoms. The first kappa shape index (κ1) is 12.0. The van der Waals surface area contributed by atoms with Crippen molar-refractivity contribution in [2.45, 2.75) is 11.2 Å². The quantitative estimate of drug-likeness (QED) is 0.624. The fourth-order valence-electron chi connectivity index (χ4n) is 1.35. The van der Waals surface area contributed by atoms with E-state index in [4.69, 9.17) is 0 Å².